The molecular formula is C9H16BrN3O3. The largest absolute Gasteiger partial charge is 0.381 e. The molecule has 0 aromatic carbocycles. The van der Waals surface area contributed by atoms with Gasteiger partial charge >= 0.3 is 4.61 Å². The van der Waals surface area contributed by atoms with Gasteiger partial charge in [-0.25, -0.2) is 0 Å². The second-order valence-corrected chi connectivity index (χ2v) is 4.51. The summed E-state index contributed by atoms with van der Waals surface area (Å²) < 4.78 is 5.23. The zero-order valence-corrected chi connectivity index (χ0v) is 11.0. The third kappa shape index (κ3) is 3.34. The summed E-state index contributed by atoms with van der Waals surface area (Å²) in [6.45, 7) is 2.27. The molecule has 1 fully saturated rings. The minimum absolute atomic E-state index is 0.0450. The van der Waals surface area contributed by atoms with Gasteiger partial charge in [0.05, 0.1) is 11.5 Å². The van der Waals surface area contributed by atoms with E-state index in [1.54, 1.807) is 7.05 Å². The highest BCUT2D eigenvalue weighted by molar-refractivity contribution is 9.11. The van der Waals surface area contributed by atoms with Gasteiger partial charge in [0.25, 0.3) is 0 Å². The Morgan fingerprint density at radius 3 is 2.88 bits per heavy atom. The smallest absolute Gasteiger partial charge is 0.350 e. The van der Waals surface area contributed by atoms with Gasteiger partial charge in [0.1, 0.15) is 0 Å². The van der Waals surface area contributed by atoms with Gasteiger partial charge in [-0.3, -0.25) is 10.1 Å². The van der Waals surface area contributed by atoms with Crippen LogP contribution >= 0.6 is 15.9 Å². The Balaban J connectivity index is 2.65. The van der Waals surface area contributed by atoms with Crippen LogP contribution in [0.5, 0.6) is 0 Å². The second kappa shape index (κ2) is 6.05. The maximum Gasteiger partial charge on any atom is 0.350 e. The average Bonchev–Trinajstić information content (AvgIpc) is 2.71. The zero-order valence-electron chi connectivity index (χ0n) is 9.40. The predicted octanol–water partition coefficient (Wildman–Crippen LogP) is 0.972. The van der Waals surface area contributed by atoms with Gasteiger partial charge in [-0.05, 0) is 6.42 Å². The maximum absolute atomic E-state index is 10.7. The third-order valence-electron chi connectivity index (χ3n) is 2.53. The molecule has 1 aliphatic heterocycles. The molecule has 0 aliphatic carbocycles. The van der Waals surface area contributed by atoms with Crippen LogP contribution in [0.3, 0.4) is 0 Å². The monoisotopic (exact) mass is 293 g/mol. The lowest BCUT2D eigenvalue weighted by Gasteiger charge is -2.23. The van der Waals surface area contributed by atoms with Crippen molar-refractivity contribution in [2.75, 3.05) is 33.9 Å². The van der Waals surface area contributed by atoms with Crippen LogP contribution in [0, 0.1) is 16.0 Å². The van der Waals surface area contributed by atoms with E-state index in [9.17, 15) is 10.1 Å². The molecular weight excluding hydrogens is 278 g/mol. The molecule has 1 unspecified atom stereocenters. The molecule has 1 saturated heterocycles. The molecule has 0 aromatic heterocycles. The van der Waals surface area contributed by atoms with E-state index in [0.29, 0.717) is 11.7 Å². The van der Waals surface area contributed by atoms with Crippen molar-refractivity contribution in [3.63, 3.8) is 0 Å². The Kier molecular flexibility index (Phi) is 5.01. The summed E-state index contributed by atoms with van der Waals surface area (Å²) in [7, 11) is 3.50. The Hall–Kier alpha value is -0.820. The van der Waals surface area contributed by atoms with Gasteiger partial charge in [0, 0.05) is 49.1 Å². The number of ether oxygens (including phenoxy) is 1. The summed E-state index contributed by atoms with van der Waals surface area (Å²) in [6, 6.07) is 0. The third-order valence-corrected chi connectivity index (χ3v) is 3.20. The topological polar surface area (TPSA) is 67.6 Å². The molecule has 6 nitrogen and oxygen atoms in total. The van der Waals surface area contributed by atoms with Crippen molar-refractivity contribution in [3.8, 4) is 0 Å². The first-order chi connectivity index (χ1) is 7.56. The van der Waals surface area contributed by atoms with Gasteiger partial charge in [0.15, 0.2) is 5.82 Å². The van der Waals surface area contributed by atoms with Crippen LogP contribution in [0.2, 0.25) is 0 Å². The molecule has 0 saturated carbocycles. The molecule has 0 amide bonds. The van der Waals surface area contributed by atoms with Crippen LogP contribution in [0.4, 0.5) is 0 Å². The zero-order chi connectivity index (χ0) is 12.1. The Morgan fingerprint density at radius 1 is 1.75 bits per heavy atom. The first-order valence-corrected chi connectivity index (χ1v) is 5.86. The Morgan fingerprint density at radius 2 is 2.44 bits per heavy atom. The maximum atomic E-state index is 10.7. The molecule has 7 heteroatoms. The summed E-state index contributed by atoms with van der Waals surface area (Å²) in [5.74, 6) is 0.928. The molecule has 1 rings (SSSR count). The molecule has 0 bridgehead atoms. The van der Waals surface area contributed by atoms with E-state index in [1.807, 2.05) is 11.9 Å². The van der Waals surface area contributed by atoms with E-state index >= 15 is 0 Å². The highest BCUT2D eigenvalue weighted by atomic mass is 79.9. The molecule has 92 valence electrons. The number of hydrogen-bond donors (Lipinski definition) is 1. The van der Waals surface area contributed by atoms with Crippen LogP contribution < -0.4 is 5.32 Å². The standard InChI is InChI=1S/C9H16BrN3O3/c1-11-9(8(10)13(14)15)12(2)5-7-3-4-16-6-7/h7,11H,3-6H2,1-2H3. The molecule has 1 atom stereocenters. The first kappa shape index (κ1) is 13.2. The number of nitrogens with one attached hydrogen (secondary N) is 1. The van der Waals surface area contributed by atoms with Gasteiger partial charge in [-0.15, -0.1) is 0 Å². The SMILES string of the molecule is CNC(=C(Br)[N+](=O)[O-])N(C)CC1CCOC1. The van der Waals surface area contributed by atoms with E-state index in [-0.39, 0.29) is 4.61 Å². The highest BCUT2D eigenvalue weighted by Gasteiger charge is 2.22. The van der Waals surface area contributed by atoms with Crippen molar-refractivity contribution < 1.29 is 9.66 Å². The highest BCUT2D eigenvalue weighted by Crippen LogP contribution is 2.18. The molecule has 0 radical (unpaired) electrons. The fourth-order valence-electron chi connectivity index (χ4n) is 1.74. The summed E-state index contributed by atoms with van der Waals surface area (Å²) in [5.41, 5.74) is 0. The van der Waals surface area contributed by atoms with Gasteiger partial charge in [-0.1, -0.05) is 0 Å². The number of halogens is 1. The lowest BCUT2D eigenvalue weighted by molar-refractivity contribution is -0.411. The quantitative estimate of drug-likeness (QED) is 0.465. The molecule has 1 heterocycles. The minimum atomic E-state index is -0.451. The van der Waals surface area contributed by atoms with Crippen molar-refractivity contribution in [1.82, 2.24) is 10.2 Å². The van der Waals surface area contributed by atoms with E-state index < -0.39 is 4.92 Å². The number of nitrogens with zero attached hydrogens (tertiary/aromatic N) is 2. The average molecular weight is 294 g/mol. The number of hydrogen-bond acceptors (Lipinski definition) is 5. The van der Waals surface area contributed by atoms with Crippen LogP contribution in [0.15, 0.2) is 10.4 Å². The van der Waals surface area contributed by atoms with Gasteiger partial charge < -0.3 is 15.0 Å². The summed E-state index contributed by atoms with van der Waals surface area (Å²) >= 11 is 2.96. The second-order valence-electron chi connectivity index (χ2n) is 3.76. The van der Waals surface area contributed by atoms with E-state index in [0.717, 1.165) is 26.2 Å². The van der Waals surface area contributed by atoms with Crippen molar-refractivity contribution in [2.24, 2.45) is 5.92 Å². The minimum Gasteiger partial charge on any atom is -0.381 e. The lowest BCUT2D eigenvalue weighted by atomic mass is 10.1. The number of nitro groups is 1. The van der Waals surface area contributed by atoms with E-state index in [1.165, 1.54) is 0 Å². The molecule has 16 heavy (non-hydrogen) atoms. The van der Waals surface area contributed by atoms with Crippen LogP contribution in [-0.2, 0) is 4.74 Å². The van der Waals surface area contributed by atoms with E-state index in [2.05, 4.69) is 21.2 Å². The predicted molar refractivity (Wildman–Crippen MR) is 63.6 cm³/mol. The van der Waals surface area contributed by atoms with Crippen molar-refractivity contribution in [1.29, 1.82) is 0 Å². The van der Waals surface area contributed by atoms with Crippen LogP contribution in [-0.4, -0.2) is 43.7 Å². The van der Waals surface area contributed by atoms with Crippen molar-refractivity contribution >= 4 is 15.9 Å². The lowest BCUT2D eigenvalue weighted by Crippen LogP contribution is -2.32. The van der Waals surface area contributed by atoms with E-state index in [4.69, 9.17) is 4.74 Å². The van der Waals surface area contributed by atoms with Crippen LogP contribution in [0.1, 0.15) is 6.42 Å². The fourth-order valence-corrected chi connectivity index (χ4v) is 2.24. The van der Waals surface area contributed by atoms with Gasteiger partial charge in [0.2, 0.25) is 0 Å². The Bertz CT molecular complexity index is 290. The van der Waals surface area contributed by atoms with Crippen LogP contribution in [0.25, 0.3) is 0 Å². The number of rotatable bonds is 5. The summed E-state index contributed by atoms with van der Waals surface area (Å²) in [4.78, 5) is 12.0. The van der Waals surface area contributed by atoms with Crippen molar-refractivity contribution in [2.45, 2.75) is 6.42 Å². The fraction of sp³-hybridized carbons (Fsp3) is 0.778. The molecule has 1 aliphatic rings. The molecule has 0 spiro atoms. The first-order valence-electron chi connectivity index (χ1n) is 5.07. The van der Waals surface area contributed by atoms with Gasteiger partial charge in [-0.2, -0.15) is 0 Å². The normalized spacial score (nSPS) is 21.6. The van der Waals surface area contributed by atoms with Crippen molar-refractivity contribution in [3.05, 3.63) is 20.5 Å². The summed E-state index contributed by atoms with van der Waals surface area (Å²) in [5, 5.41) is 13.5. The Labute approximate surface area is 103 Å². The summed E-state index contributed by atoms with van der Waals surface area (Å²) in [6.07, 6.45) is 1.01. The molecule has 1 N–H and O–H groups in total. The molecule has 0 aromatic rings.